The Bertz CT molecular complexity index is 381. The molecular weight excluding hydrogens is 208 g/mol. The lowest BCUT2D eigenvalue weighted by atomic mass is 10.0. The summed E-state index contributed by atoms with van der Waals surface area (Å²) >= 11 is 1.85. The van der Waals surface area contributed by atoms with E-state index in [-0.39, 0.29) is 0 Å². The second-order valence-electron chi connectivity index (χ2n) is 3.72. The topological polar surface area (TPSA) is 52.0 Å². The Morgan fingerprint density at radius 3 is 3.40 bits per heavy atom. The van der Waals surface area contributed by atoms with Gasteiger partial charge in [-0.15, -0.1) is 11.3 Å². The van der Waals surface area contributed by atoms with E-state index >= 15 is 0 Å². The number of fused-ring (bicyclic) bond motifs is 1. The predicted octanol–water partition coefficient (Wildman–Crippen LogP) is 2.98. The molecule has 5 heteroatoms. The van der Waals surface area contributed by atoms with E-state index in [4.69, 9.17) is 5.53 Å². The number of nitrogens with zero attached hydrogens (tertiary/aromatic N) is 4. The van der Waals surface area contributed by atoms with Crippen LogP contribution in [0.3, 0.4) is 0 Å². The molecule has 80 valence electrons. The first-order valence-corrected chi connectivity index (χ1v) is 6.02. The minimum absolute atomic E-state index is 0.467. The summed E-state index contributed by atoms with van der Waals surface area (Å²) in [7, 11) is 0. The van der Waals surface area contributed by atoms with Crippen LogP contribution in [-0.4, -0.2) is 24.5 Å². The van der Waals surface area contributed by atoms with Gasteiger partial charge < -0.3 is 0 Å². The SMILES string of the molecule is CC1c2ccsc2CCN1CCN=[N+]=[N-]. The number of rotatable bonds is 3. The molecule has 0 fully saturated rings. The first-order valence-electron chi connectivity index (χ1n) is 5.14. The molecule has 0 saturated carbocycles. The highest BCUT2D eigenvalue weighted by Gasteiger charge is 2.23. The Labute approximate surface area is 93.1 Å². The van der Waals surface area contributed by atoms with Crippen molar-refractivity contribution in [3.05, 3.63) is 32.3 Å². The molecule has 0 bridgehead atoms. The van der Waals surface area contributed by atoms with Gasteiger partial charge in [0.25, 0.3) is 0 Å². The predicted molar refractivity (Wildman–Crippen MR) is 62.0 cm³/mol. The van der Waals surface area contributed by atoms with Gasteiger partial charge in [0, 0.05) is 35.5 Å². The van der Waals surface area contributed by atoms with E-state index < -0.39 is 0 Å². The molecule has 1 aliphatic heterocycles. The minimum atomic E-state index is 0.467. The fourth-order valence-electron chi connectivity index (χ4n) is 2.08. The van der Waals surface area contributed by atoms with E-state index in [0.717, 1.165) is 19.5 Å². The van der Waals surface area contributed by atoms with Gasteiger partial charge in [0.2, 0.25) is 0 Å². The smallest absolute Gasteiger partial charge is 0.0386 e. The number of azide groups is 1. The van der Waals surface area contributed by atoms with Crippen LogP contribution < -0.4 is 0 Å². The van der Waals surface area contributed by atoms with Crippen molar-refractivity contribution in [2.24, 2.45) is 5.11 Å². The molecule has 2 heterocycles. The molecule has 0 aliphatic carbocycles. The highest BCUT2D eigenvalue weighted by molar-refractivity contribution is 7.10. The Hall–Kier alpha value is -1.03. The van der Waals surface area contributed by atoms with Crippen LogP contribution in [0.25, 0.3) is 10.4 Å². The third-order valence-electron chi connectivity index (χ3n) is 2.95. The van der Waals surface area contributed by atoms with Gasteiger partial charge in [-0.25, -0.2) is 0 Å². The fraction of sp³-hybridized carbons (Fsp3) is 0.600. The average molecular weight is 222 g/mol. The van der Waals surface area contributed by atoms with E-state index in [1.165, 1.54) is 10.4 Å². The maximum atomic E-state index is 8.23. The third kappa shape index (κ3) is 2.15. The van der Waals surface area contributed by atoms with Gasteiger partial charge in [-0.1, -0.05) is 5.11 Å². The second kappa shape index (κ2) is 4.66. The van der Waals surface area contributed by atoms with Crippen LogP contribution in [0.5, 0.6) is 0 Å². The van der Waals surface area contributed by atoms with Crippen molar-refractivity contribution in [1.82, 2.24) is 4.90 Å². The van der Waals surface area contributed by atoms with Crippen molar-refractivity contribution < 1.29 is 0 Å². The molecule has 15 heavy (non-hydrogen) atoms. The standard InChI is InChI=1S/C10H14N4S/c1-8-9-3-7-15-10(9)2-5-14(8)6-4-12-13-11/h3,7-8H,2,4-6H2,1H3. The highest BCUT2D eigenvalue weighted by atomic mass is 32.1. The van der Waals surface area contributed by atoms with Crippen LogP contribution in [0, 0.1) is 0 Å². The van der Waals surface area contributed by atoms with Crippen molar-refractivity contribution in [3.63, 3.8) is 0 Å². The van der Waals surface area contributed by atoms with Crippen molar-refractivity contribution in [1.29, 1.82) is 0 Å². The molecule has 0 aromatic carbocycles. The van der Waals surface area contributed by atoms with E-state index in [0.29, 0.717) is 12.6 Å². The maximum Gasteiger partial charge on any atom is 0.0386 e. The van der Waals surface area contributed by atoms with Crippen LogP contribution in [0.1, 0.15) is 23.4 Å². The highest BCUT2D eigenvalue weighted by Crippen LogP contribution is 2.32. The van der Waals surface area contributed by atoms with Gasteiger partial charge in [0.15, 0.2) is 0 Å². The summed E-state index contributed by atoms with van der Waals surface area (Å²) in [5.41, 5.74) is 9.68. The molecule has 1 aromatic heterocycles. The van der Waals surface area contributed by atoms with Crippen LogP contribution in [-0.2, 0) is 6.42 Å². The van der Waals surface area contributed by atoms with Crippen molar-refractivity contribution in [3.8, 4) is 0 Å². The van der Waals surface area contributed by atoms with E-state index in [2.05, 4.69) is 33.3 Å². The molecular formula is C10H14N4S. The first kappa shape index (κ1) is 10.5. The van der Waals surface area contributed by atoms with E-state index in [1.807, 2.05) is 11.3 Å². The van der Waals surface area contributed by atoms with Gasteiger partial charge in [0.05, 0.1) is 0 Å². The largest absolute Gasteiger partial charge is 0.296 e. The molecule has 2 rings (SSSR count). The molecule has 0 N–H and O–H groups in total. The summed E-state index contributed by atoms with van der Waals surface area (Å²) in [5, 5.41) is 5.75. The van der Waals surface area contributed by atoms with Gasteiger partial charge >= 0.3 is 0 Å². The quantitative estimate of drug-likeness (QED) is 0.440. The van der Waals surface area contributed by atoms with E-state index in [9.17, 15) is 0 Å². The van der Waals surface area contributed by atoms with Crippen molar-refractivity contribution in [2.75, 3.05) is 19.6 Å². The molecule has 1 aromatic rings. The maximum absolute atomic E-state index is 8.23. The second-order valence-corrected chi connectivity index (χ2v) is 4.72. The molecule has 1 unspecified atom stereocenters. The zero-order chi connectivity index (χ0) is 10.7. The molecule has 0 spiro atoms. The Morgan fingerprint density at radius 2 is 2.60 bits per heavy atom. The molecule has 0 saturated heterocycles. The Balaban J connectivity index is 2.03. The lowest BCUT2D eigenvalue weighted by Crippen LogP contribution is -2.34. The van der Waals surface area contributed by atoms with Crippen LogP contribution in [0.15, 0.2) is 16.6 Å². The molecule has 4 nitrogen and oxygen atoms in total. The van der Waals surface area contributed by atoms with Crippen LogP contribution in [0.4, 0.5) is 0 Å². The van der Waals surface area contributed by atoms with Gasteiger partial charge in [-0.3, -0.25) is 4.90 Å². The number of hydrogen-bond donors (Lipinski definition) is 0. The minimum Gasteiger partial charge on any atom is -0.296 e. The average Bonchev–Trinajstić information content (AvgIpc) is 2.70. The first-order chi connectivity index (χ1) is 7.33. The van der Waals surface area contributed by atoms with Gasteiger partial charge in [-0.2, -0.15) is 0 Å². The number of hydrogen-bond acceptors (Lipinski definition) is 3. The van der Waals surface area contributed by atoms with E-state index in [1.54, 1.807) is 0 Å². The molecule has 0 radical (unpaired) electrons. The summed E-state index contributed by atoms with van der Waals surface area (Å²) in [6, 6.07) is 2.68. The zero-order valence-electron chi connectivity index (χ0n) is 8.76. The fourth-order valence-corrected chi connectivity index (χ4v) is 3.05. The van der Waals surface area contributed by atoms with Crippen LogP contribution in [0.2, 0.25) is 0 Å². The van der Waals surface area contributed by atoms with Crippen molar-refractivity contribution >= 4 is 11.3 Å². The summed E-state index contributed by atoms with van der Waals surface area (Å²) in [6.45, 7) is 4.73. The van der Waals surface area contributed by atoms with Crippen molar-refractivity contribution in [2.45, 2.75) is 19.4 Å². The Morgan fingerprint density at radius 1 is 1.73 bits per heavy atom. The zero-order valence-corrected chi connectivity index (χ0v) is 9.57. The normalized spacial score (nSPS) is 20.7. The monoisotopic (exact) mass is 222 g/mol. The summed E-state index contributed by atoms with van der Waals surface area (Å²) in [6.07, 6.45) is 1.13. The lowest BCUT2D eigenvalue weighted by molar-refractivity contribution is 0.206. The number of thiophene rings is 1. The summed E-state index contributed by atoms with van der Waals surface area (Å²) < 4.78 is 0. The Kier molecular flexibility index (Phi) is 3.26. The third-order valence-corrected chi connectivity index (χ3v) is 3.95. The van der Waals surface area contributed by atoms with Crippen LogP contribution >= 0.6 is 11.3 Å². The van der Waals surface area contributed by atoms with Gasteiger partial charge in [0.1, 0.15) is 0 Å². The molecule has 1 aliphatic rings. The molecule has 1 atom stereocenters. The molecule has 0 amide bonds. The summed E-state index contributed by atoms with van der Waals surface area (Å²) in [4.78, 5) is 6.67. The van der Waals surface area contributed by atoms with Gasteiger partial charge in [-0.05, 0) is 35.9 Å². The lowest BCUT2D eigenvalue weighted by Gasteiger charge is -2.33. The summed E-state index contributed by atoms with van der Waals surface area (Å²) in [5.74, 6) is 0.